The highest BCUT2D eigenvalue weighted by Crippen LogP contribution is 2.24. The van der Waals surface area contributed by atoms with Crippen LogP contribution in [0.25, 0.3) is 0 Å². The largest absolute Gasteiger partial charge is 0.489 e. The van der Waals surface area contributed by atoms with E-state index in [1.54, 1.807) is 6.07 Å². The molecule has 1 saturated heterocycles. The number of aryl methyl sites for hydroxylation is 1. The van der Waals surface area contributed by atoms with E-state index in [1.165, 1.54) is 7.11 Å². The molecular weight excluding hydrogens is 289 g/mol. The maximum absolute atomic E-state index is 11.4. The van der Waals surface area contributed by atoms with Crippen LogP contribution in [0, 0.1) is 6.92 Å². The summed E-state index contributed by atoms with van der Waals surface area (Å²) in [6, 6.07) is 5.23. The first kappa shape index (κ1) is 16.1. The smallest absolute Gasteiger partial charge is 0.323 e. The number of carbonyl (C=O) groups excluding carboxylic acids is 1. The van der Waals surface area contributed by atoms with E-state index in [2.05, 4.69) is 5.32 Å². The number of esters is 1. The van der Waals surface area contributed by atoms with Crippen LogP contribution in [-0.4, -0.2) is 31.8 Å². The standard InChI is InChI=1S/C13H16ClNO3.ClH/c1-8-5-9(14)3-4-12(8)18-10-6-11(15-7-10)13(16)17-2;/h3-5,10-11,15H,6-7H2,1-2H3;1H. The van der Waals surface area contributed by atoms with Crippen molar-refractivity contribution in [2.45, 2.75) is 25.5 Å². The van der Waals surface area contributed by atoms with Crippen molar-refractivity contribution in [3.63, 3.8) is 0 Å². The summed E-state index contributed by atoms with van der Waals surface area (Å²) in [5.74, 6) is 0.561. The van der Waals surface area contributed by atoms with Crippen LogP contribution in [0.3, 0.4) is 0 Å². The van der Waals surface area contributed by atoms with Gasteiger partial charge in [0.15, 0.2) is 0 Å². The first-order chi connectivity index (χ1) is 8.60. The second kappa shape index (κ2) is 6.98. The molecule has 0 bridgehead atoms. The average molecular weight is 306 g/mol. The monoisotopic (exact) mass is 305 g/mol. The summed E-state index contributed by atoms with van der Waals surface area (Å²) in [6.45, 7) is 2.59. The second-order valence-corrected chi connectivity index (χ2v) is 4.81. The van der Waals surface area contributed by atoms with Gasteiger partial charge in [0.25, 0.3) is 0 Å². The molecule has 4 nitrogen and oxygen atoms in total. The van der Waals surface area contributed by atoms with Crippen molar-refractivity contribution in [2.75, 3.05) is 13.7 Å². The Kier molecular flexibility index (Phi) is 5.91. The number of rotatable bonds is 3. The fraction of sp³-hybridized carbons (Fsp3) is 0.462. The van der Waals surface area contributed by atoms with Gasteiger partial charge in [0.05, 0.1) is 7.11 Å². The minimum absolute atomic E-state index is 0. The first-order valence-electron chi connectivity index (χ1n) is 5.84. The van der Waals surface area contributed by atoms with Crippen LogP contribution in [0.15, 0.2) is 18.2 Å². The molecule has 1 aliphatic rings. The van der Waals surface area contributed by atoms with Crippen LogP contribution in [0.1, 0.15) is 12.0 Å². The van der Waals surface area contributed by atoms with Gasteiger partial charge in [0.2, 0.25) is 0 Å². The van der Waals surface area contributed by atoms with Crippen molar-refractivity contribution in [3.05, 3.63) is 28.8 Å². The van der Waals surface area contributed by atoms with Gasteiger partial charge in [-0.3, -0.25) is 4.79 Å². The maximum atomic E-state index is 11.4. The molecule has 1 heterocycles. The van der Waals surface area contributed by atoms with E-state index in [1.807, 2.05) is 19.1 Å². The lowest BCUT2D eigenvalue weighted by Gasteiger charge is -2.14. The fourth-order valence-corrected chi connectivity index (χ4v) is 2.27. The predicted octanol–water partition coefficient (Wildman–Crippen LogP) is 2.35. The molecule has 2 rings (SSSR count). The Morgan fingerprint density at radius 2 is 2.21 bits per heavy atom. The van der Waals surface area contributed by atoms with Crippen molar-refractivity contribution in [1.82, 2.24) is 5.32 Å². The van der Waals surface area contributed by atoms with Crippen LogP contribution in [0.4, 0.5) is 0 Å². The molecule has 0 aliphatic carbocycles. The minimum Gasteiger partial charge on any atom is -0.489 e. The van der Waals surface area contributed by atoms with Crippen molar-refractivity contribution in [3.8, 4) is 5.75 Å². The highest BCUT2D eigenvalue weighted by molar-refractivity contribution is 6.30. The average Bonchev–Trinajstić information content (AvgIpc) is 2.80. The molecular formula is C13H17Cl2NO3. The minimum atomic E-state index is -0.271. The lowest BCUT2D eigenvalue weighted by atomic mass is 10.2. The lowest BCUT2D eigenvalue weighted by Crippen LogP contribution is -2.31. The number of ether oxygens (including phenoxy) is 2. The number of benzene rings is 1. The molecule has 0 amide bonds. The van der Waals surface area contributed by atoms with Gasteiger partial charge in [-0.2, -0.15) is 0 Å². The maximum Gasteiger partial charge on any atom is 0.323 e. The molecule has 0 radical (unpaired) electrons. The molecule has 1 aromatic carbocycles. The highest BCUT2D eigenvalue weighted by Gasteiger charge is 2.31. The number of hydrogen-bond donors (Lipinski definition) is 1. The summed E-state index contributed by atoms with van der Waals surface area (Å²) < 4.78 is 10.6. The van der Waals surface area contributed by atoms with Gasteiger partial charge < -0.3 is 14.8 Å². The Balaban J connectivity index is 0.00000180. The molecule has 0 spiro atoms. The number of hydrogen-bond acceptors (Lipinski definition) is 4. The summed E-state index contributed by atoms with van der Waals surface area (Å²) in [4.78, 5) is 11.4. The summed E-state index contributed by atoms with van der Waals surface area (Å²) >= 11 is 5.89. The van der Waals surface area contributed by atoms with Gasteiger partial charge in [-0.05, 0) is 30.7 Å². The normalized spacial score (nSPS) is 21.6. The topological polar surface area (TPSA) is 47.6 Å². The second-order valence-electron chi connectivity index (χ2n) is 4.37. The Morgan fingerprint density at radius 3 is 2.84 bits per heavy atom. The number of carbonyl (C=O) groups is 1. The summed E-state index contributed by atoms with van der Waals surface area (Å²) in [6.07, 6.45) is 0.600. The van der Waals surface area contributed by atoms with E-state index in [0.29, 0.717) is 18.0 Å². The van der Waals surface area contributed by atoms with Gasteiger partial charge in [-0.15, -0.1) is 12.4 Å². The van der Waals surface area contributed by atoms with E-state index in [4.69, 9.17) is 21.1 Å². The van der Waals surface area contributed by atoms with Crippen LogP contribution >= 0.6 is 24.0 Å². The van der Waals surface area contributed by atoms with E-state index >= 15 is 0 Å². The van der Waals surface area contributed by atoms with Crippen molar-refractivity contribution in [2.24, 2.45) is 0 Å². The van der Waals surface area contributed by atoms with Crippen LogP contribution in [0.2, 0.25) is 5.02 Å². The molecule has 106 valence electrons. The van der Waals surface area contributed by atoms with Crippen molar-refractivity contribution in [1.29, 1.82) is 0 Å². The molecule has 1 fully saturated rings. The molecule has 2 unspecified atom stereocenters. The van der Waals surface area contributed by atoms with Gasteiger partial charge in [-0.25, -0.2) is 0 Å². The third-order valence-corrected chi connectivity index (χ3v) is 3.24. The van der Waals surface area contributed by atoms with Crippen molar-refractivity contribution >= 4 is 30.0 Å². The summed E-state index contributed by atoms with van der Waals surface area (Å²) in [7, 11) is 1.39. The lowest BCUT2D eigenvalue weighted by molar-refractivity contribution is -0.142. The van der Waals surface area contributed by atoms with E-state index in [9.17, 15) is 4.79 Å². The quantitative estimate of drug-likeness (QED) is 0.871. The van der Waals surface area contributed by atoms with E-state index < -0.39 is 0 Å². The SMILES string of the molecule is COC(=O)C1CC(Oc2ccc(Cl)cc2C)CN1.Cl. The van der Waals surface area contributed by atoms with Crippen LogP contribution < -0.4 is 10.1 Å². The molecule has 0 saturated carbocycles. The third kappa shape index (κ3) is 4.00. The first-order valence-corrected chi connectivity index (χ1v) is 6.22. The van der Waals surface area contributed by atoms with Crippen molar-refractivity contribution < 1.29 is 14.3 Å². The highest BCUT2D eigenvalue weighted by atomic mass is 35.5. The molecule has 1 aliphatic heterocycles. The predicted molar refractivity (Wildman–Crippen MR) is 76.3 cm³/mol. The Labute approximate surface area is 123 Å². The Bertz CT molecular complexity index is 454. The number of methoxy groups -OCH3 is 1. The molecule has 1 aromatic rings. The van der Waals surface area contributed by atoms with Gasteiger partial charge in [0.1, 0.15) is 17.9 Å². The molecule has 0 aromatic heterocycles. The number of nitrogens with one attached hydrogen (secondary N) is 1. The molecule has 19 heavy (non-hydrogen) atoms. The van der Waals surface area contributed by atoms with Gasteiger partial charge >= 0.3 is 5.97 Å². The molecule has 6 heteroatoms. The molecule has 1 N–H and O–H groups in total. The van der Waals surface area contributed by atoms with E-state index in [-0.39, 0.29) is 30.5 Å². The Hall–Kier alpha value is -0.970. The fourth-order valence-electron chi connectivity index (χ4n) is 2.04. The summed E-state index contributed by atoms with van der Waals surface area (Å²) in [5.41, 5.74) is 0.990. The Morgan fingerprint density at radius 1 is 1.47 bits per heavy atom. The molecule has 2 atom stereocenters. The zero-order valence-corrected chi connectivity index (χ0v) is 12.4. The van der Waals surface area contributed by atoms with E-state index in [0.717, 1.165) is 11.3 Å². The zero-order valence-electron chi connectivity index (χ0n) is 10.8. The third-order valence-electron chi connectivity index (χ3n) is 3.01. The van der Waals surface area contributed by atoms with Gasteiger partial charge in [-0.1, -0.05) is 11.6 Å². The van der Waals surface area contributed by atoms with Gasteiger partial charge in [0, 0.05) is 18.0 Å². The zero-order chi connectivity index (χ0) is 13.1. The number of halogens is 2. The summed E-state index contributed by atoms with van der Waals surface area (Å²) in [5, 5.41) is 3.77. The van der Waals surface area contributed by atoms with Crippen LogP contribution in [0.5, 0.6) is 5.75 Å². The van der Waals surface area contributed by atoms with Crippen LogP contribution in [-0.2, 0) is 9.53 Å².